The van der Waals surface area contributed by atoms with Crippen LogP contribution in [0.25, 0.3) is 0 Å². The van der Waals surface area contributed by atoms with Crippen molar-refractivity contribution in [3.05, 3.63) is 100 Å². The van der Waals surface area contributed by atoms with Crippen molar-refractivity contribution in [3.63, 3.8) is 0 Å². The molecule has 1 aliphatic heterocycles. The Kier molecular flexibility index (Phi) is 8.04. The lowest BCUT2D eigenvalue weighted by molar-refractivity contribution is -0.128. The second-order valence-electron chi connectivity index (χ2n) is 9.59. The Morgan fingerprint density at radius 2 is 1.75 bits per heavy atom. The van der Waals surface area contributed by atoms with Gasteiger partial charge in [0.1, 0.15) is 11.1 Å². The molecule has 6 heteroatoms. The van der Waals surface area contributed by atoms with Crippen LogP contribution in [0.5, 0.6) is 5.75 Å². The van der Waals surface area contributed by atoms with Crippen molar-refractivity contribution in [1.29, 1.82) is 0 Å². The second kappa shape index (κ2) is 11.2. The van der Waals surface area contributed by atoms with Crippen molar-refractivity contribution in [1.82, 2.24) is 10.2 Å². The fourth-order valence-corrected chi connectivity index (χ4v) is 5.84. The quantitative estimate of drug-likeness (QED) is 0.388. The van der Waals surface area contributed by atoms with Gasteiger partial charge in [0, 0.05) is 12.1 Å². The van der Waals surface area contributed by atoms with Crippen LogP contribution in [-0.4, -0.2) is 29.6 Å². The predicted molar refractivity (Wildman–Crippen MR) is 146 cm³/mol. The first kappa shape index (κ1) is 25.8. The standard InChI is InChI=1S/C30H34N2O3S/c1-19(2)25-16-26(20(3)15-27(25)35-5)21(4)31-29(34)23-11-13-24(14-12-23)30-32(28(33)18-36-30)17-22-9-7-6-8-10-22/h6-16,19,21,30H,17-18H2,1-5H3,(H,31,34)/t21-,30-/m0/s1. The van der Waals surface area contributed by atoms with Gasteiger partial charge in [-0.1, -0.05) is 56.3 Å². The molecule has 1 heterocycles. The number of hydrogen-bond acceptors (Lipinski definition) is 4. The molecule has 0 radical (unpaired) electrons. The van der Waals surface area contributed by atoms with E-state index in [1.54, 1.807) is 18.9 Å². The third-order valence-corrected chi connectivity index (χ3v) is 7.93. The van der Waals surface area contributed by atoms with Crippen molar-refractivity contribution in [2.45, 2.75) is 51.6 Å². The summed E-state index contributed by atoms with van der Waals surface area (Å²) < 4.78 is 5.56. The van der Waals surface area contributed by atoms with E-state index in [1.807, 2.05) is 79.4 Å². The van der Waals surface area contributed by atoms with Crippen molar-refractivity contribution >= 4 is 23.6 Å². The molecule has 3 aromatic rings. The van der Waals surface area contributed by atoms with Gasteiger partial charge in [0.15, 0.2) is 0 Å². The molecule has 36 heavy (non-hydrogen) atoms. The average Bonchev–Trinajstić information content (AvgIpc) is 3.23. The van der Waals surface area contributed by atoms with Crippen molar-refractivity contribution in [2.75, 3.05) is 12.9 Å². The number of hydrogen-bond donors (Lipinski definition) is 1. The number of thioether (sulfide) groups is 1. The van der Waals surface area contributed by atoms with Gasteiger partial charge in [-0.2, -0.15) is 0 Å². The van der Waals surface area contributed by atoms with Crippen LogP contribution in [0.1, 0.15) is 76.3 Å². The minimum absolute atomic E-state index is 0.0508. The summed E-state index contributed by atoms with van der Waals surface area (Å²) in [5.74, 6) is 1.69. The van der Waals surface area contributed by atoms with E-state index in [4.69, 9.17) is 4.74 Å². The molecule has 0 aliphatic carbocycles. The van der Waals surface area contributed by atoms with Gasteiger partial charge in [0.05, 0.1) is 18.9 Å². The molecule has 1 fully saturated rings. The highest BCUT2D eigenvalue weighted by atomic mass is 32.2. The minimum Gasteiger partial charge on any atom is -0.496 e. The molecule has 1 N–H and O–H groups in total. The SMILES string of the molecule is COc1cc(C)c([C@H](C)NC(=O)c2ccc([C@@H]3SCC(=O)N3Cc3ccccc3)cc2)cc1C(C)C. The van der Waals surface area contributed by atoms with E-state index in [0.717, 1.165) is 33.6 Å². The van der Waals surface area contributed by atoms with E-state index in [1.165, 1.54) is 0 Å². The van der Waals surface area contributed by atoms with Crippen LogP contribution < -0.4 is 10.1 Å². The largest absolute Gasteiger partial charge is 0.496 e. The Morgan fingerprint density at radius 3 is 2.39 bits per heavy atom. The van der Waals surface area contributed by atoms with Crippen LogP contribution in [-0.2, 0) is 11.3 Å². The summed E-state index contributed by atoms with van der Waals surface area (Å²) >= 11 is 1.63. The number of rotatable bonds is 8. The smallest absolute Gasteiger partial charge is 0.251 e. The van der Waals surface area contributed by atoms with Gasteiger partial charge in [-0.05, 0) is 71.8 Å². The third-order valence-electron chi connectivity index (χ3n) is 6.68. The summed E-state index contributed by atoms with van der Waals surface area (Å²) in [6, 6.07) is 21.7. The summed E-state index contributed by atoms with van der Waals surface area (Å²) in [7, 11) is 1.69. The highest BCUT2D eigenvalue weighted by Crippen LogP contribution is 2.39. The molecule has 0 spiro atoms. The first-order chi connectivity index (χ1) is 17.3. The summed E-state index contributed by atoms with van der Waals surface area (Å²) in [5.41, 5.74) is 6.04. The first-order valence-electron chi connectivity index (χ1n) is 12.3. The molecule has 1 saturated heterocycles. The molecule has 0 bridgehead atoms. The summed E-state index contributed by atoms with van der Waals surface area (Å²) in [4.78, 5) is 27.5. The van der Waals surface area contributed by atoms with Gasteiger partial charge in [0.25, 0.3) is 5.91 Å². The molecule has 2 atom stereocenters. The number of nitrogens with zero attached hydrogens (tertiary/aromatic N) is 1. The molecular weight excluding hydrogens is 468 g/mol. The van der Waals surface area contributed by atoms with Gasteiger partial charge < -0.3 is 15.0 Å². The van der Waals surface area contributed by atoms with Gasteiger partial charge in [-0.3, -0.25) is 9.59 Å². The maximum absolute atomic E-state index is 13.1. The topological polar surface area (TPSA) is 58.6 Å². The van der Waals surface area contributed by atoms with Crippen LogP contribution >= 0.6 is 11.8 Å². The number of amides is 2. The summed E-state index contributed by atoms with van der Waals surface area (Å²) in [6.45, 7) is 8.91. The van der Waals surface area contributed by atoms with Gasteiger partial charge in [-0.25, -0.2) is 0 Å². The number of carbonyl (C=O) groups is 2. The van der Waals surface area contributed by atoms with Crippen LogP contribution in [0.2, 0.25) is 0 Å². The molecule has 5 nitrogen and oxygen atoms in total. The second-order valence-corrected chi connectivity index (χ2v) is 10.7. The van der Waals surface area contributed by atoms with Crippen LogP contribution in [0.15, 0.2) is 66.7 Å². The zero-order valence-electron chi connectivity index (χ0n) is 21.6. The lowest BCUT2D eigenvalue weighted by Gasteiger charge is -2.24. The van der Waals surface area contributed by atoms with Gasteiger partial charge in [-0.15, -0.1) is 11.8 Å². The first-order valence-corrected chi connectivity index (χ1v) is 13.4. The van der Waals surface area contributed by atoms with E-state index in [0.29, 0.717) is 23.8 Å². The molecule has 0 saturated carbocycles. The van der Waals surface area contributed by atoms with E-state index in [2.05, 4.69) is 25.2 Å². The van der Waals surface area contributed by atoms with Crippen LogP contribution in [0, 0.1) is 6.92 Å². The molecule has 0 unspecified atom stereocenters. The number of aryl methyl sites for hydroxylation is 1. The number of methoxy groups -OCH3 is 1. The number of ether oxygens (including phenoxy) is 1. The fraction of sp³-hybridized carbons (Fsp3) is 0.333. The number of nitrogens with one attached hydrogen (secondary N) is 1. The molecule has 1 aliphatic rings. The zero-order valence-corrected chi connectivity index (χ0v) is 22.4. The predicted octanol–water partition coefficient (Wildman–Crippen LogP) is 6.39. The Morgan fingerprint density at radius 1 is 1.06 bits per heavy atom. The van der Waals surface area contributed by atoms with Crippen molar-refractivity contribution in [2.24, 2.45) is 0 Å². The Balaban J connectivity index is 1.47. The molecule has 2 amide bonds. The molecule has 4 rings (SSSR count). The third kappa shape index (κ3) is 5.59. The lowest BCUT2D eigenvalue weighted by Crippen LogP contribution is -2.28. The van der Waals surface area contributed by atoms with Crippen LogP contribution in [0.3, 0.4) is 0 Å². The van der Waals surface area contributed by atoms with E-state index < -0.39 is 0 Å². The number of benzene rings is 3. The Hall–Kier alpha value is -3.25. The van der Waals surface area contributed by atoms with Crippen molar-refractivity contribution in [3.8, 4) is 5.75 Å². The van der Waals surface area contributed by atoms with Gasteiger partial charge >= 0.3 is 0 Å². The molecular formula is C30H34N2O3S. The highest BCUT2D eigenvalue weighted by Gasteiger charge is 2.32. The van der Waals surface area contributed by atoms with E-state index in [9.17, 15) is 9.59 Å². The highest BCUT2D eigenvalue weighted by molar-refractivity contribution is 8.00. The molecule has 0 aromatic heterocycles. The summed E-state index contributed by atoms with van der Waals surface area (Å²) in [5, 5.41) is 3.09. The Bertz CT molecular complexity index is 1220. The monoisotopic (exact) mass is 502 g/mol. The Labute approximate surface area is 218 Å². The molecule has 3 aromatic carbocycles. The zero-order chi connectivity index (χ0) is 25.8. The van der Waals surface area contributed by atoms with E-state index >= 15 is 0 Å². The maximum Gasteiger partial charge on any atom is 0.251 e. The minimum atomic E-state index is -0.148. The summed E-state index contributed by atoms with van der Waals surface area (Å²) in [6.07, 6.45) is 0. The fourth-order valence-electron chi connectivity index (χ4n) is 4.65. The molecule has 188 valence electrons. The lowest BCUT2D eigenvalue weighted by atomic mass is 9.93. The maximum atomic E-state index is 13.1. The van der Waals surface area contributed by atoms with Crippen LogP contribution in [0.4, 0.5) is 0 Å². The average molecular weight is 503 g/mol. The normalized spacial score (nSPS) is 16.3. The van der Waals surface area contributed by atoms with Crippen molar-refractivity contribution < 1.29 is 14.3 Å². The van der Waals surface area contributed by atoms with Gasteiger partial charge in [0.2, 0.25) is 5.91 Å². The number of carbonyl (C=O) groups excluding carboxylic acids is 2. The van der Waals surface area contributed by atoms with E-state index in [-0.39, 0.29) is 23.2 Å².